The van der Waals surface area contributed by atoms with Crippen molar-refractivity contribution < 1.29 is 4.21 Å². The molecule has 0 saturated heterocycles. The predicted octanol–water partition coefficient (Wildman–Crippen LogP) is 2.28. The number of pyridine rings is 1. The number of rotatable bonds is 3. The highest BCUT2D eigenvalue weighted by atomic mass is 32.2. The van der Waals surface area contributed by atoms with Gasteiger partial charge in [-0.15, -0.1) is 0 Å². The molecule has 0 aliphatic heterocycles. The number of aromatic nitrogens is 1. The maximum atomic E-state index is 12.2. The standard InChI is InChI=1S/C13H14N2OS/c1-10-4-5-12(14)7-13(10)17(16)9-11-3-2-6-15-8-11/h2-8H,9,14H2,1H3. The molecule has 4 heteroatoms. The van der Waals surface area contributed by atoms with Gasteiger partial charge in [0.15, 0.2) is 0 Å². The van der Waals surface area contributed by atoms with E-state index in [0.29, 0.717) is 11.4 Å². The lowest BCUT2D eigenvalue weighted by atomic mass is 10.2. The number of nitrogen functional groups attached to an aromatic ring is 1. The first-order valence-corrected chi connectivity index (χ1v) is 6.62. The van der Waals surface area contributed by atoms with Gasteiger partial charge in [0.1, 0.15) is 0 Å². The molecule has 17 heavy (non-hydrogen) atoms. The highest BCUT2D eigenvalue weighted by Gasteiger charge is 2.08. The molecule has 1 aromatic carbocycles. The van der Waals surface area contributed by atoms with Crippen LogP contribution in [-0.2, 0) is 16.6 Å². The van der Waals surface area contributed by atoms with Crippen LogP contribution in [0.3, 0.4) is 0 Å². The topological polar surface area (TPSA) is 56.0 Å². The number of aryl methyl sites for hydroxylation is 1. The molecule has 0 bridgehead atoms. The summed E-state index contributed by atoms with van der Waals surface area (Å²) in [7, 11) is -1.08. The van der Waals surface area contributed by atoms with Crippen LogP contribution in [0.2, 0.25) is 0 Å². The summed E-state index contributed by atoms with van der Waals surface area (Å²) in [5.74, 6) is 0.470. The predicted molar refractivity (Wildman–Crippen MR) is 69.9 cm³/mol. The summed E-state index contributed by atoms with van der Waals surface area (Å²) in [6, 6.07) is 9.26. The third kappa shape index (κ3) is 2.91. The van der Waals surface area contributed by atoms with E-state index < -0.39 is 10.8 Å². The fourth-order valence-electron chi connectivity index (χ4n) is 1.57. The quantitative estimate of drug-likeness (QED) is 0.845. The number of anilines is 1. The van der Waals surface area contributed by atoms with Crippen LogP contribution < -0.4 is 5.73 Å². The van der Waals surface area contributed by atoms with Crippen LogP contribution in [0.1, 0.15) is 11.1 Å². The van der Waals surface area contributed by atoms with Gasteiger partial charge in [-0.1, -0.05) is 12.1 Å². The Morgan fingerprint density at radius 3 is 2.88 bits per heavy atom. The molecule has 3 nitrogen and oxygen atoms in total. The summed E-state index contributed by atoms with van der Waals surface area (Å²) >= 11 is 0. The minimum absolute atomic E-state index is 0.470. The summed E-state index contributed by atoms with van der Waals surface area (Å²) < 4.78 is 12.2. The second kappa shape index (κ2) is 5.10. The van der Waals surface area contributed by atoms with E-state index in [2.05, 4.69) is 4.98 Å². The summed E-state index contributed by atoms with van der Waals surface area (Å²) in [6.45, 7) is 1.94. The van der Waals surface area contributed by atoms with Crippen molar-refractivity contribution >= 4 is 16.5 Å². The maximum absolute atomic E-state index is 12.2. The molecule has 1 heterocycles. The van der Waals surface area contributed by atoms with Crippen LogP contribution in [0.4, 0.5) is 5.69 Å². The lowest BCUT2D eigenvalue weighted by Crippen LogP contribution is -2.00. The highest BCUT2D eigenvalue weighted by Crippen LogP contribution is 2.19. The van der Waals surface area contributed by atoms with Crippen molar-refractivity contribution in [1.29, 1.82) is 0 Å². The molecule has 2 aromatic rings. The molecule has 0 aliphatic carbocycles. The summed E-state index contributed by atoms with van der Waals surface area (Å²) in [5, 5.41) is 0. The van der Waals surface area contributed by atoms with Gasteiger partial charge in [0.05, 0.1) is 16.6 Å². The molecular formula is C13H14N2OS. The zero-order valence-electron chi connectivity index (χ0n) is 9.59. The fourth-order valence-corrected chi connectivity index (χ4v) is 2.90. The molecular weight excluding hydrogens is 232 g/mol. The second-order valence-corrected chi connectivity index (χ2v) is 5.30. The summed E-state index contributed by atoms with van der Waals surface area (Å²) in [4.78, 5) is 4.81. The van der Waals surface area contributed by atoms with Crippen LogP contribution in [0.15, 0.2) is 47.6 Å². The smallest absolute Gasteiger partial charge is 0.0578 e. The number of nitrogens with zero attached hydrogens (tertiary/aromatic N) is 1. The molecule has 1 atom stereocenters. The van der Waals surface area contributed by atoms with Crippen molar-refractivity contribution in [3.05, 3.63) is 53.9 Å². The van der Waals surface area contributed by atoms with Crippen LogP contribution in [0.25, 0.3) is 0 Å². The Morgan fingerprint density at radius 1 is 1.35 bits per heavy atom. The van der Waals surface area contributed by atoms with Crippen molar-refractivity contribution in [3.8, 4) is 0 Å². The molecule has 0 spiro atoms. The monoisotopic (exact) mass is 246 g/mol. The van der Waals surface area contributed by atoms with Crippen LogP contribution in [-0.4, -0.2) is 9.19 Å². The van der Waals surface area contributed by atoms with Gasteiger partial charge in [-0.05, 0) is 36.2 Å². The van der Waals surface area contributed by atoms with Gasteiger partial charge in [0, 0.05) is 23.0 Å². The van der Waals surface area contributed by atoms with Gasteiger partial charge in [-0.3, -0.25) is 9.19 Å². The SMILES string of the molecule is Cc1ccc(N)cc1S(=O)Cc1cccnc1. The third-order valence-corrected chi connectivity index (χ3v) is 4.00. The minimum atomic E-state index is -1.08. The average Bonchev–Trinajstić information content (AvgIpc) is 2.33. The Hall–Kier alpha value is -1.68. The van der Waals surface area contributed by atoms with E-state index in [-0.39, 0.29) is 0 Å². The Morgan fingerprint density at radius 2 is 2.18 bits per heavy atom. The molecule has 0 saturated carbocycles. The average molecular weight is 246 g/mol. The maximum Gasteiger partial charge on any atom is 0.0578 e. The molecule has 0 radical (unpaired) electrons. The van der Waals surface area contributed by atoms with Crippen LogP contribution >= 0.6 is 0 Å². The largest absolute Gasteiger partial charge is 0.399 e. The third-order valence-electron chi connectivity index (χ3n) is 2.48. The number of nitrogens with two attached hydrogens (primary N) is 1. The van der Waals surface area contributed by atoms with E-state index in [1.807, 2.05) is 31.2 Å². The summed E-state index contributed by atoms with van der Waals surface area (Å²) in [5.41, 5.74) is 8.32. The van der Waals surface area contributed by atoms with E-state index in [4.69, 9.17) is 5.73 Å². The van der Waals surface area contributed by atoms with Gasteiger partial charge in [0.2, 0.25) is 0 Å². The van der Waals surface area contributed by atoms with Crippen molar-refractivity contribution in [2.45, 2.75) is 17.6 Å². The molecule has 0 amide bonds. The Bertz CT molecular complexity index is 540. The normalized spacial score (nSPS) is 12.3. The summed E-state index contributed by atoms with van der Waals surface area (Å²) in [6.07, 6.45) is 3.44. The number of hydrogen-bond donors (Lipinski definition) is 1. The van der Waals surface area contributed by atoms with Gasteiger partial charge in [-0.25, -0.2) is 0 Å². The van der Waals surface area contributed by atoms with Crippen molar-refractivity contribution in [1.82, 2.24) is 4.98 Å². The Balaban J connectivity index is 2.23. The van der Waals surface area contributed by atoms with Gasteiger partial charge in [-0.2, -0.15) is 0 Å². The van der Waals surface area contributed by atoms with Gasteiger partial charge < -0.3 is 5.73 Å². The fraction of sp³-hybridized carbons (Fsp3) is 0.154. The zero-order valence-corrected chi connectivity index (χ0v) is 10.4. The van der Waals surface area contributed by atoms with E-state index in [1.165, 1.54) is 0 Å². The van der Waals surface area contributed by atoms with Crippen molar-refractivity contribution in [2.24, 2.45) is 0 Å². The van der Waals surface area contributed by atoms with E-state index in [1.54, 1.807) is 18.5 Å². The van der Waals surface area contributed by atoms with Gasteiger partial charge in [0.25, 0.3) is 0 Å². The van der Waals surface area contributed by atoms with Crippen LogP contribution in [0, 0.1) is 6.92 Å². The zero-order chi connectivity index (χ0) is 12.3. The molecule has 0 fully saturated rings. The van der Waals surface area contributed by atoms with E-state index in [0.717, 1.165) is 16.0 Å². The second-order valence-electron chi connectivity index (χ2n) is 3.88. The van der Waals surface area contributed by atoms with Gasteiger partial charge >= 0.3 is 0 Å². The lowest BCUT2D eigenvalue weighted by molar-refractivity contribution is 0.682. The highest BCUT2D eigenvalue weighted by molar-refractivity contribution is 7.84. The van der Waals surface area contributed by atoms with Crippen LogP contribution in [0.5, 0.6) is 0 Å². The minimum Gasteiger partial charge on any atom is -0.399 e. The number of benzene rings is 1. The van der Waals surface area contributed by atoms with Crippen molar-refractivity contribution in [3.63, 3.8) is 0 Å². The van der Waals surface area contributed by atoms with Crippen molar-refractivity contribution in [2.75, 3.05) is 5.73 Å². The number of hydrogen-bond acceptors (Lipinski definition) is 3. The molecule has 2 N–H and O–H groups in total. The first kappa shape index (κ1) is 11.8. The molecule has 0 aliphatic rings. The van der Waals surface area contributed by atoms with E-state index >= 15 is 0 Å². The molecule has 1 aromatic heterocycles. The first-order valence-electron chi connectivity index (χ1n) is 5.30. The van der Waals surface area contributed by atoms with E-state index in [9.17, 15) is 4.21 Å². The molecule has 88 valence electrons. The molecule has 2 rings (SSSR count). The Labute approximate surface area is 103 Å². The first-order chi connectivity index (χ1) is 8.16. The molecule has 1 unspecified atom stereocenters. The lowest BCUT2D eigenvalue weighted by Gasteiger charge is -2.06. The Kier molecular flexibility index (Phi) is 3.54.